The van der Waals surface area contributed by atoms with Gasteiger partial charge in [-0.05, 0) is 12.8 Å². The van der Waals surface area contributed by atoms with E-state index in [9.17, 15) is 22.0 Å². The Labute approximate surface area is 166 Å². The van der Waals surface area contributed by atoms with E-state index >= 15 is 0 Å². The van der Waals surface area contributed by atoms with Crippen molar-refractivity contribution in [2.24, 2.45) is 0 Å². The predicted molar refractivity (Wildman–Crippen MR) is 96.3 cm³/mol. The highest BCUT2D eigenvalue weighted by Gasteiger charge is 2.36. The maximum atomic E-state index is 13.4. The molecule has 0 aromatic carbocycles. The van der Waals surface area contributed by atoms with E-state index in [0.29, 0.717) is 18.9 Å². The van der Waals surface area contributed by atoms with E-state index in [1.54, 1.807) is 0 Å². The SMILES string of the molecule is FC1(F)CCC(Nc2cc(OC3CNC3)nc(-c3nc(C(F)(F)F)cs3)n2)CC1. The zero-order valence-electron chi connectivity index (χ0n) is 15.1. The van der Waals surface area contributed by atoms with Crippen molar-refractivity contribution in [3.05, 3.63) is 17.1 Å². The van der Waals surface area contributed by atoms with Crippen molar-refractivity contribution in [3.63, 3.8) is 0 Å². The number of anilines is 1. The normalized spacial score (nSPS) is 20.3. The van der Waals surface area contributed by atoms with Gasteiger partial charge < -0.3 is 15.4 Å². The van der Waals surface area contributed by atoms with E-state index in [2.05, 4.69) is 25.6 Å². The lowest BCUT2D eigenvalue weighted by Crippen LogP contribution is -2.50. The zero-order valence-corrected chi connectivity index (χ0v) is 15.9. The molecule has 0 atom stereocenters. The first-order valence-corrected chi connectivity index (χ1v) is 10.00. The van der Waals surface area contributed by atoms with Gasteiger partial charge in [-0.3, -0.25) is 0 Å². The number of ether oxygens (including phenoxy) is 1. The number of aromatic nitrogens is 3. The first-order chi connectivity index (χ1) is 13.7. The fourth-order valence-corrected chi connectivity index (χ4v) is 3.83. The summed E-state index contributed by atoms with van der Waals surface area (Å²) in [4.78, 5) is 12.0. The molecule has 0 radical (unpaired) electrons. The fourth-order valence-electron chi connectivity index (χ4n) is 3.07. The van der Waals surface area contributed by atoms with Crippen LogP contribution in [-0.2, 0) is 6.18 Å². The van der Waals surface area contributed by atoms with Gasteiger partial charge in [0.15, 0.2) is 16.5 Å². The summed E-state index contributed by atoms with van der Waals surface area (Å²) in [5.41, 5.74) is -1.01. The van der Waals surface area contributed by atoms with Gasteiger partial charge in [0.1, 0.15) is 11.9 Å². The minimum Gasteiger partial charge on any atom is -0.471 e. The maximum absolute atomic E-state index is 13.4. The first-order valence-electron chi connectivity index (χ1n) is 9.12. The zero-order chi connectivity index (χ0) is 20.6. The molecule has 2 aliphatic rings. The number of hydrogen-bond donors (Lipinski definition) is 2. The molecule has 0 unspecified atom stereocenters. The van der Waals surface area contributed by atoms with Crippen LogP contribution in [0, 0.1) is 0 Å². The van der Waals surface area contributed by atoms with Crippen molar-refractivity contribution in [3.8, 4) is 16.7 Å². The number of nitrogens with one attached hydrogen (secondary N) is 2. The summed E-state index contributed by atoms with van der Waals surface area (Å²) in [7, 11) is 0. The molecule has 6 nitrogen and oxygen atoms in total. The van der Waals surface area contributed by atoms with Crippen LogP contribution in [-0.4, -0.2) is 46.1 Å². The summed E-state index contributed by atoms with van der Waals surface area (Å²) >= 11 is 0.780. The average Bonchev–Trinajstić information content (AvgIpc) is 3.11. The quantitative estimate of drug-likeness (QED) is 0.693. The molecule has 0 amide bonds. The summed E-state index contributed by atoms with van der Waals surface area (Å²) < 4.78 is 71.1. The fraction of sp³-hybridized carbons (Fsp3) is 0.588. The number of hydrogen-bond acceptors (Lipinski definition) is 7. The van der Waals surface area contributed by atoms with Crippen LogP contribution in [0.3, 0.4) is 0 Å². The van der Waals surface area contributed by atoms with Gasteiger partial charge >= 0.3 is 6.18 Å². The minimum absolute atomic E-state index is 0.000998. The van der Waals surface area contributed by atoms with E-state index in [4.69, 9.17) is 4.74 Å². The third-order valence-corrected chi connectivity index (χ3v) is 5.63. The van der Waals surface area contributed by atoms with Crippen molar-refractivity contribution < 1.29 is 26.7 Å². The second-order valence-corrected chi connectivity index (χ2v) is 7.98. The Balaban J connectivity index is 1.58. The predicted octanol–water partition coefficient (Wildman–Crippen LogP) is 3.96. The largest absolute Gasteiger partial charge is 0.471 e. The highest BCUT2D eigenvalue weighted by Crippen LogP contribution is 2.36. The Kier molecular flexibility index (Phi) is 5.32. The Bertz CT molecular complexity index is 860. The van der Waals surface area contributed by atoms with Crippen LogP contribution in [0.5, 0.6) is 5.88 Å². The number of alkyl halides is 5. The van der Waals surface area contributed by atoms with Crippen molar-refractivity contribution in [1.82, 2.24) is 20.3 Å². The molecular weight excluding hydrogens is 417 g/mol. The minimum atomic E-state index is -4.56. The van der Waals surface area contributed by atoms with E-state index in [1.807, 2.05) is 0 Å². The lowest BCUT2D eigenvalue weighted by molar-refractivity contribution is -0.140. The molecule has 1 saturated heterocycles. The average molecular weight is 435 g/mol. The van der Waals surface area contributed by atoms with Crippen molar-refractivity contribution in [2.45, 2.75) is 49.9 Å². The first kappa shape index (κ1) is 20.2. The number of nitrogens with zero attached hydrogens (tertiary/aromatic N) is 3. The van der Waals surface area contributed by atoms with Crippen LogP contribution in [0.2, 0.25) is 0 Å². The number of thiazole rings is 1. The van der Waals surface area contributed by atoms with E-state index in [0.717, 1.165) is 16.7 Å². The van der Waals surface area contributed by atoms with Crippen LogP contribution in [0.15, 0.2) is 11.4 Å². The van der Waals surface area contributed by atoms with E-state index in [-0.39, 0.29) is 54.5 Å². The summed E-state index contributed by atoms with van der Waals surface area (Å²) in [6.07, 6.45) is -4.56. The summed E-state index contributed by atoms with van der Waals surface area (Å²) in [5.74, 6) is -2.14. The third-order valence-electron chi connectivity index (χ3n) is 4.79. The Morgan fingerprint density at radius 1 is 1.14 bits per heavy atom. The van der Waals surface area contributed by atoms with Gasteiger partial charge in [-0.2, -0.15) is 18.2 Å². The highest BCUT2D eigenvalue weighted by atomic mass is 32.1. The monoisotopic (exact) mass is 435 g/mol. The summed E-state index contributed by atoms with van der Waals surface area (Å²) in [6, 6.07) is 1.32. The van der Waals surface area contributed by atoms with Crippen LogP contribution in [0.25, 0.3) is 10.8 Å². The van der Waals surface area contributed by atoms with Gasteiger partial charge in [0, 0.05) is 43.4 Å². The van der Waals surface area contributed by atoms with E-state index in [1.165, 1.54) is 6.07 Å². The van der Waals surface area contributed by atoms with Crippen LogP contribution < -0.4 is 15.4 Å². The molecule has 4 rings (SSSR count). The van der Waals surface area contributed by atoms with Gasteiger partial charge in [-0.1, -0.05) is 0 Å². The molecule has 1 saturated carbocycles. The third kappa shape index (κ3) is 4.92. The van der Waals surface area contributed by atoms with Crippen molar-refractivity contribution in [1.29, 1.82) is 0 Å². The lowest BCUT2D eigenvalue weighted by atomic mass is 9.92. The lowest BCUT2D eigenvalue weighted by Gasteiger charge is -2.29. The molecule has 2 aromatic rings. The van der Waals surface area contributed by atoms with E-state index < -0.39 is 17.8 Å². The van der Waals surface area contributed by atoms with Crippen LogP contribution in [0.1, 0.15) is 31.4 Å². The van der Waals surface area contributed by atoms with Crippen LogP contribution >= 0.6 is 11.3 Å². The van der Waals surface area contributed by atoms with Gasteiger partial charge in [0.05, 0.1) is 0 Å². The molecule has 1 aliphatic heterocycles. The summed E-state index contributed by atoms with van der Waals surface area (Å²) in [5, 5.41) is 7.04. The molecular formula is C17H18F5N5OS. The van der Waals surface area contributed by atoms with Gasteiger partial charge in [-0.15, -0.1) is 11.3 Å². The van der Waals surface area contributed by atoms with Gasteiger partial charge in [-0.25, -0.2) is 18.7 Å². The molecule has 0 bridgehead atoms. The molecule has 12 heteroatoms. The molecule has 2 N–H and O–H groups in total. The second kappa shape index (κ2) is 7.63. The Hall–Kier alpha value is -2.08. The smallest absolute Gasteiger partial charge is 0.434 e. The van der Waals surface area contributed by atoms with Crippen LogP contribution in [0.4, 0.5) is 27.8 Å². The maximum Gasteiger partial charge on any atom is 0.434 e. The Morgan fingerprint density at radius 3 is 2.45 bits per heavy atom. The molecule has 3 heterocycles. The molecule has 29 heavy (non-hydrogen) atoms. The molecule has 2 fully saturated rings. The molecule has 158 valence electrons. The topological polar surface area (TPSA) is 72.0 Å². The van der Waals surface area contributed by atoms with Gasteiger partial charge in [0.2, 0.25) is 11.8 Å². The highest BCUT2D eigenvalue weighted by molar-refractivity contribution is 7.13. The molecule has 1 aliphatic carbocycles. The molecule has 0 spiro atoms. The second-order valence-electron chi connectivity index (χ2n) is 7.12. The standard InChI is InChI=1S/C17H18F5N5OS/c18-16(19)3-1-9(2-4-16)24-12-5-13(28-10-6-23-7-10)27-14(26-12)15-25-11(8-29-15)17(20,21)22/h5,8-10,23H,1-4,6-7H2,(H,24,26,27). The van der Waals surface area contributed by atoms with Gasteiger partial charge in [0.25, 0.3) is 0 Å². The van der Waals surface area contributed by atoms with Crippen molar-refractivity contribution in [2.75, 3.05) is 18.4 Å². The summed E-state index contributed by atoms with van der Waals surface area (Å²) in [6.45, 7) is 1.27. The number of halogens is 5. The Morgan fingerprint density at radius 2 is 1.86 bits per heavy atom. The van der Waals surface area contributed by atoms with Crippen molar-refractivity contribution >= 4 is 17.2 Å². The number of rotatable bonds is 5. The molecule has 2 aromatic heterocycles.